The summed E-state index contributed by atoms with van der Waals surface area (Å²) in [4.78, 5) is 26.3. The van der Waals surface area contributed by atoms with Crippen LogP contribution in [0.5, 0.6) is 0 Å². The number of esters is 1. The van der Waals surface area contributed by atoms with Crippen LogP contribution in [-0.2, 0) is 16.0 Å². The third-order valence-corrected chi connectivity index (χ3v) is 2.74. The maximum absolute atomic E-state index is 11.7. The van der Waals surface area contributed by atoms with E-state index >= 15 is 0 Å². The van der Waals surface area contributed by atoms with Crippen molar-refractivity contribution in [2.24, 2.45) is 5.73 Å². The number of hydrogen-bond donors (Lipinski definition) is 2. The van der Waals surface area contributed by atoms with Gasteiger partial charge in [-0.15, -0.1) is 11.3 Å². The molecule has 0 amide bonds. The van der Waals surface area contributed by atoms with Gasteiger partial charge in [0.15, 0.2) is 0 Å². The van der Waals surface area contributed by atoms with Crippen molar-refractivity contribution in [3.05, 3.63) is 16.1 Å². The number of carbonyl (C=O) groups is 2. The van der Waals surface area contributed by atoms with E-state index in [-0.39, 0.29) is 11.4 Å². The number of aromatic nitrogens is 1. The lowest BCUT2D eigenvalue weighted by atomic mass is 10.2. The molecule has 1 atom stereocenters. The van der Waals surface area contributed by atoms with Crippen molar-refractivity contribution in [1.82, 2.24) is 4.98 Å². The van der Waals surface area contributed by atoms with Crippen LogP contribution in [0.3, 0.4) is 0 Å². The van der Waals surface area contributed by atoms with Gasteiger partial charge >= 0.3 is 11.9 Å². The number of rotatable bonds is 4. The van der Waals surface area contributed by atoms with Crippen molar-refractivity contribution in [2.75, 3.05) is 0 Å². The van der Waals surface area contributed by atoms with Gasteiger partial charge in [-0.1, -0.05) is 0 Å². The van der Waals surface area contributed by atoms with Crippen molar-refractivity contribution < 1.29 is 19.4 Å². The van der Waals surface area contributed by atoms with E-state index in [0.29, 0.717) is 5.69 Å². The number of aliphatic carboxylic acids is 1. The summed E-state index contributed by atoms with van der Waals surface area (Å²) in [6, 6.07) is -1.02. The van der Waals surface area contributed by atoms with Gasteiger partial charge in [-0.25, -0.2) is 9.78 Å². The lowest BCUT2D eigenvalue weighted by molar-refractivity contribution is -0.138. The molecule has 0 saturated heterocycles. The van der Waals surface area contributed by atoms with Gasteiger partial charge in [0, 0.05) is 11.8 Å². The zero-order chi connectivity index (χ0) is 13.9. The Morgan fingerprint density at radius 1 is 1.56 bits per heavy atom. The fourth-order valence-electron chi connectivity index (χ4n) is 1.13. The molecule has 7 heteroatoms. The number of nitrogens with zero attached hydrogens (tertiary/aromatic N) is 1. The first kappa shape index (κ1) is 14.6. The fourth-order valence-corrected chi connectivity index (χ4v) is 1.83. The van der Waals surface area contributed by atoms with Gasteiger partial charge in [0.1, 0.15) is 11.6 Å². The van der Waals surface area contributed by atoms with Crippen LogP contribution in [-0.4, -0.2) is 33.7 Å². The Hall–Kier alpha value is -1.47. The molecule has 0 aliphatic carbocycles. The summed E-state index contributed by atoms with van der Waals surface area (Å²) < 4.78 is 5.15. The Morgan fingerprint density at radius 3 is 2.67 bits per heavy atom. The summed E-state index contributed by atoms with van der Waals surface area (Å²) in [5, 5.41) is 10.5. The van der Waals surface area contributed by atoms with Gasteiger partial charge in [-0.05, 0) is 20.8 Å². The number of hydrogen-bond acceptors (Lipinski definition) is 6. The molecule has 100 valence electrons. The first-order chi connectivity index (χ1) is 8.19. The largest absolute Gasteiger partial charge is 0.480 e. The quantitative estimate of drug-likeness (QED) is 0.794. The number of carboxylic acids is 1. The molecule has 0 radical (unpaired) electrons. The molecule has 0 fully saturated rings. The summed E-state index contributed by atoms with van der Waals surface area (Å²) >= 11 is 1.12. The highest BCUT2D eigenvalue weighted by molar-refractivity contribution is 7.11. The van der Waals surface area contributed by atoms with Gasteiger partial charge in [0.2, 0.25) is 5.01 Å². The summed E-state index contributed by atoms with van der Waals surface area (Å²) in [6.07, 6.45) is 0.0919. The third kappa shape index (κ3) is 4.42. The second-order valence-corrected chi connectivity index (χ2v) is 5.65. The standard InChI is InChI=1S/C11H16N2O4S/c1-11(2,3)17-10(16)8-13-6(5-18-8)4-7(12)9(14)15/h5,7H,4,12H2,1-3H3,(H,14,15)/t7-/m0/s1. The molecule has 0 spiro atoms. The van der Waals surface area contributed by atoms with Gasteiger partial charge in [0.25, 0.3) is 0 Å². The summed E-state index contributed by atoms with van der Waals surface area (Å²) in [6.45, 7) is 5.29. The van der Waals surface area contributed by atoms with Crippen molar-refractivity contribution in [3.8, 4) is 0 Å². The van der Waals surface area contributed by atoms with Gasteiger partial charge in [0.05, 0.1) is 5.69 Å². The molecule has 0 saturated carbocycles. The smallest absolute Gasteiger partial charge is 0.367 e. The molecule has 18 heavy (non-hydrogen) atoms. The second kappa shape index (κ2) is 5.45. The average Bonchev–Trinajstić information content (AvgIpc) is 2.63. The maximum atomic E-state index is 11.7. The van der Waals surface area contributed by atoms with E-state index in [1.54, 1.807) is 26.2 Å². The van der Waals surface area contributed by atoms with Crippen LogP contribution in [0, 0.1) is 0 Å². The SMILES string of the molecule is CC(C)(C)OC(=O)c1nc(C[C@H](N)C(=O)O)cs1. The monoisotopic (exact) mass is 272 g/mol. The molecule has 6 nitrogen and oxygen atoms in total. The van der Waals surface area contributed by atoms with Crippen molar-refractivity contribution in [3.63, 3.8) is 0 Å². The van der Waals surface area contributed by atoms with Crippen LogP contribution in [0.15, 0.2) is 5.38 Å². The Morgan fingerprint density at radius 2 is 2.17 bits per heavy atom. The molecule has 0 aliphatic rings. The molecule has 3 N–H and O–H groups in total. The minimum atomic E-state index is -1.10. The maximum Gasteiger partial charge on any atom is 0.367 e. The second-order valence-electron chi connectivity index (χ2n) is 4.79. The molecule has 1 aromatic rings. The average molecular weight is 272 g/mol. The number of ether oxygens (including phenoxy) is 1. The highest BCUT2D eigenvalue weighted by atomic mass is 32.1. The van der Waals surface area contributed by atoms with Gasteiger partial charge < -0.3 is 15.6 Å². The predicted octanol–water partition coefficient (Wildman–Crippen LogP) is 1.05. The normalized spacial score (nSPS) is 13.1. The molecule has 0 bridgehead atoms. The number of carboxylic acid groups (broad SMARTS) is 1. The lowest BCUT2D eigenvalue weighted by Gasteiger charge is -2.18. The molecule has 0 aromatic carbocycles. The third-order valence-electron chi connectivity index (χ3n) is 1.87. The van der Waals surface area contributed by atoms with Crippen LogP contribution in [0.1, 0.15) is 36.3 Å². The first-order valence-electron chi connectivity index (χ1n) is 5.35. The summed E-state index contributed by atoms with van der Waals surface area (Å²) in [7, 11) is 0. The van der Waals surface area contributed by atoms with Crippen LogP contribution in [0.25, 0.3) is 0 Å². The molecular formula is C11H16N2O4S. The van der Waals surface area contributed by atoms with Crippen LogP contribution >= 0.6 is 11.3 Å². The zero-order valence-corrected chi connectivity index (χ0v) is 11.3. The van der Waals surface area contributed by atoms with E-state index in [4.69, 9.17) is 15.6 Å². The topological polar surface area (TPSA) is 103 Å². The summed E-state index contributed by atoms with van der Waals surface area (Å²) in [5.41, 5.74) is 5.28. The van der Waals surface area contributed by atoms with Gasteiger partial charge in [-0.2, -0.15) is 0 Å². The van der Waals surface area contributed by atoms with Crippen molar-refractivity contribution in [1.29, 1.82) is 0 Å². The van der Waals surface area contributed by atoms with Crippen LogP contribution in [0.4, 0.5) is 0 Å². The molecule has 0 aliphatic heterocycles. The van der Waals surface area contributed by atoms with Crippen LogP contribution in [0.2, 0.25) is 0 Å². The lowest BCUT2D eigenvalue weighted by Crippen LogP contribution is -2.32. The van der Waals surface area contributed by atoms with Crippen molar-refractivity contribution >= 4 is 23.3 Å². The number of carbonyl (C=O) groups excluding carboxylic acids is 1. The highest BCUT2D eigenvalue weighted by Crippen LogP contribution is 2.16. The number of nitrogens with two attached hydrogens (primary N) is 1. The molecular weight excluding hydrogens is 256 g/mol. The van der Waals surface area contributed by atoms with E-state index < -0.39 is 23.6 Å². The zero-order valence-electron chi connectivity index (χ0n) is 10.5. The highest BCUT2D eigenvalue weighted by Gasteiger charge is 2.21. The number of thiazole rings is 1. The van der Waals surface area contributed by atoms with E-state index in [9.17, 15) is 9.59 Å². The molecule has 1 rings (SSSR count). The van der Waals surface area contributed by atoms with E-state index in [0.717, 1.165) is 11.3 Å². The van der Waals surface area contributed by atoms with E-state index in [1.807, 2.05) is 0 Å². The molecule has 1 heterocycles. The molecule has 0 unspecified atom stereocenters. The van der Waals surface area contributed by atoms with Crippen LogP contribution < -0.4 is 5.73 Å². The van der Waals surface area contributed by atoms with Gasteiger partial charge in [-0.3, -0.25) is 4.79 Å². The Bertz CT molecular complexity index is 450. The fraction of sp³-hybridized carbons (Fsp3) is 0.545. The summed E-state index contributed by atoms with van der Waals surface area (Å²) in [5.74, 6) is -1.61. The first-order valence-corrected chi connectivity index (χ1v) is 6.23. The minimum absolute atomic E-state index is 0.0919. The van der Waals surface area contributed by atoms with Crippen molar-refractivity contribution in [2.45, 2.75) is 38.8 Å². The molecule has 1 aromatic heterocycles. The Balaban J connectivity index is 2.69. The Labute approximate surface area is 109 Å². The van der Waals surface area contributed by atoms with E-state index in [2.05, 4.69) is 4.98 Å². The minimum Gasteiger partial charge on any atom is -0.480 e. The van der Waals surface area contributed by atoms with E-state index in [1.165, 1.54) is 0 Å². The Kier molecular flexibility index (Phi) is 4.42. The predicted molar refractivity (Wildman–Crippen MR) is 66.6 cm³/mol.